The summed E-state index contributed by atoms with van der Waals surface area (Å²) in [4.78, 5) is 14.2. The summed E-state index contributed by atoms with van der Waals surface area (Å²) in [5.74, 6) is 1.66. The normalized spacial score (nSPS) is 15.0. The van der Waals surface area contributed by atoms with Gasteiger partial charge in [0.15, 0.2) is 5.82 Å². The second-order valence-corrected chi connectivity index (χ2v) is 8.53. The minimum Gasteiger partial charge on any atom is -0.369 e. The SMILES string of the molecule is Cc1nc(Cc2ccc3nc(-c4ccc(N5CCN(C)CC5)cc4)cc(C)c3c2)n[nH]1. The molecule has 0 atom stereocenters. The van der Waals surface area contributed by atoms with Crippen molar-refractivity contribution in [3.63, 3.8) is 0 Å². The van der Waals surface area contributed by atoms with E-state index in [0.29, 0.717) is 0 Å². The van der Waals surface area contributed by atoms with Gasteiger partial charge in [0.25, 0.3) is 0 Å². The second kappa shape index (κ2) is 8.12. The summed E-state index contributed by atoms with van der Waals surface area (Å²) >= 11 is 0. The monoisotopic (exact) mass is 412 g/mol. The number of anilines is 1. The van der Waals surface area contributed by atoms with Crippen molar-refractivity contribution < 1.29 is 0 Å². The Labute approximate surface area is 182 Å². The quantitative estimate of drug-likeness (QED) is 0.549. The van der Waals surface area contributed by atoms with Gasteiger partial charge in [0.05, 0.1) is 11.2 Å². The number of likely N-dealkylation sites (N-methyl/N-ethyl adjacent to an activating group) is 1. The molecule has 1 saturated heterocycles. The Bertz CT molecular complexity index is 1200. The van der Waals surface area contributed by atoms with Gasteiger partial charge in [0.2, 0.25) is 0 Å². The number of hydrogen-bond donors (Lipinski definition) is 1. The zero-order valence-electron chi connectivity index (χ0n) is 18.4. The van der Waals surface area contributed by atoms with Crippen molar-refractivity contribution in [2.75, 3.05) is 38.1 Å². The van der Waals surface area contributed by atoms with E-state index in [-0.39, 0.29) is 0 Å². The van der Waals surface area contributed by atoms with E-state index >= 15 is 0 Å². The van der Waals surface area contributed by atoms with Gasteiger partial charge in [-0.3, -0.25) is 5.10 Å². The fourth-order valence-corrected chi connectivity index (χ4v) is 4.26. The summed E-state index contributed by atoms with van der Waals surface area (Å²) in [5, 5.41) is 8.35. The highest BCUT2D eigenvalue weighted by Gasteiger charge is 2.14. The van der Waals surface area contributed by atoms with Crippen LogP contribution in [-0.2, 0) is 6.42 Å². The third-order valence-electron chi connectivity index (χ3n) is 6.12. The molecule has 2 aromatic heterocycles. The van der Waals surface area contributed by atoms with E-state index in [1.54, 1.807) is 0 Å². The first-order valence-electron chi connectivity index (χ1n) is 10.9. The predicted molar refractivity (Wildman–Crippen MR) is 126 cm³/mol. The number of hydrogen-bond acceptors (Lipinski definition) is 5. The molecule has 6 nitrogen and oxygen atoms in total. The Balaban J connectivity index is 1.39. The summed E-state index contributed by atoms with van der Waals surface area (Å²) in [6, 6.07) is 17.5. The molecule has 0 bridgehead atoms. The number of pyridine rings is 1. The molecule has 1 N–H and O–H groups in total. The molecule has 0 amide bonds. The van der Waals surface area contributed by atoms with E-state index < -0.39 is 0 Å². The van der Waals surface area contributed by atoms with Crippen LogP contribution >= 0.6 is 0 Å². The number of nitrogens with zero attached hydrogens (tertiary/aromatic N) is 5. The lowest BCUT2D eigenvalue weighted by atomic mass is 10.0. The summed E-state index contributed by atoms with van der Waals surface area (Å²) < 4.78 is 0. The molecule has 1 fully saturated rings. The molecule has 0 saturated carbocycles. The van der Waals surface area contributed by atoms with E-state index in [1.165, 1.54) is 22.2 Å². The maximum Gasteiger partial charge on any atom is 0.155 e. The molecule has 1 aliphatic heterocycles. The molecule has 31 heavy (non-hydrogen) atoms. The first-order valence-corrected chi connectivity index (χ1v) is 10.9. The lowest BCUT2D eigenvalue weighted by Crippen LogP contribution is -2.44. The molecule has 6 heteroatoms. The van der Waals surface area contributed by atoms with Crippen LogP contribution in [0.3, 0.4) is 0 Å². The van der Waals surface area contributed by atoms with Crippen molar-refractivity contribution in [3.05, 3.63) is 71.3 Å². The lowest BCUT2D eigenvalue weighted by molar-refractivity contribution is 0.313. The fourth-order valence-electron chi connectivity index (χ4n) is 4.26. The molecule has 158 valence electrons. The second-order valence-electron chi connectivity index (χ2n) is 8.53. The third-order valence-corrected chi connectivity index (χ3v) is 6.12. The van der Waals surface area contributed by atoms with Crippen molar-refractivity contribution >= 4 is 16.6 Å². The van der Waals surface area contributed by atoms with E-state index in [4.69, 9.17) is 4.98 Å². The largest absolute Gasteiger partial charge is 0.369 e. The number of fused-ring (bicyclic) bond motifs is 1. The van der Waals surface area contributed by atoms with Gasteiger partial charge in [-0.1, -0.05) is 18.2 Å². The highest BCUT2D eigenvalue weighted by molar-refractivity contribution is 5.85. The predicted octanol–water partition coefficient (Wildman–Crippen LogP) is 3.98. The van der Waals surface area contributed by atoms with Crippen molar-refractivity contribution in [1.29, 1.82) is 0 Å². The number of aryl methyl sites for hydroxylation is 2. The number of nitrogens with one attached hydrogen (secondary N) is 1. The molecule has 1 aliphatic rings. The van der Waals surface area contributed by atoms with Crippen LogP contribution in [0.4, 0.5) is 5.69 Å². The first-order chi connectivity index (χ1) is 15.0. The first kappa shape index (κ1) is 19.7. The van der Waals surface area contributed by atoms with E-state index in [2.05, 4.69) is 87.5 Å². The minimum absolute atomic E-state index is 0.717. The Hall–Kier alpha value is -3.25. The average molecular weight is 413 g/mol. The van der Waals surface area contributed by atoms with Crippen molar-refractivity contribution in [2.24, 2.45) is 0 Å². The summed E-state index contributed by atoms with van der Waals surface area (Å²) in [6.45, 7) is 8.48. The Kier molecular flexibility index (Phi) is 5.16. The highest BCUT2D eigenvalue weighted by Crippen LogP contribution is 2.27. The number of aromatic nitrogens is 4. The number of rotatable bonds is 4. The summed E-state index contributed by atoms with van der Waals surface area (Å²) in [7, 11) is 2.19. The molecule has 2 aromatic carbocycles. The van der Waals surface area contributed by atoms with E-state index in [1.807, 2.05) is 6.92 Å². The zero-order chi connectivity index (χ0) is 21.4. The van der Waals surface area contributed by atoms with Crippen LogP contribution in [0.25, 0.3) is 22.2 Å². The van der Waals surface area contributed by atoms with Gasteiger partial charge in [-0.15, -0.1) is 0 Å². The van der Waals surface area contributed by atoms with Crippen LogP contribution in [0, 0.1) is 13.8 Å². The molecule has 0 aliphatic carbocycles. The number of aromatic amines is 1. The topological polar surface area (TPSA) is 60.9 Å². The fraction of sp³-hybridized carbons (Fsp3) is 0.320. The van der Waals surface area contributed by atoms with Crippen molar-refractivity contribution in [1.82, 2.24) is 25.1 Å². The highest BCUT2D eigenvalue weighted by atomic mass is 15.2. The Morgan fingerprint density at radius 3 is 2.39 bits per heavy atom. The molecule has 3 heterocycles. The maximum absolute atomic E-state index is 4.95. The minimum atomic E-state index is 0.717. The van der Waals surface area contributed by atoms with E-state index in [0.717, 1.165) is 61.0 Å². The molecular weight excluding hydrogens is 384 g/mol. The smallest absolute Gasteiger partial charge is 0.155 e. The van der Waals surface area contributed by atoms with Crippen LogP contribution in [0.1, 0.15) is 22.8 Å². The van der Waals surface area contributed by atoms with Gasteiger partial charge < -0.3 is 9.80 Å². The Morgan fingerprint density at radius 2 is 1.68 bits per heavy atom. The van der Waals surface area contributed by atoms with E-state index in [9.17, 15) is 0 Å². The summed E-state index contributed by atoms with van der Waals surface area (Å²) in [5.41, 5.74) is 6.92. The average Bonchev–Trinajstić information content (AvgIpc) is 3.19. The zero-order valence-corrected chi connectivity index (χ0v) is 18.4. The molecule has 5 rings (SSSR count). The van der Waals surface area contributed by atoms with Gasteiger partial charge >= 0.3 is 0 Å². The number of benzene rings is 2. The van der Waals surface area contributed by atoms with Gasteiger partial charge in [-0.05, 0) is 62.4 Å². The molecule has 0 radical (unpaired) electrons. The summed E-state index contributed by atoms with van der Waals surface area (Å²) in [6.07, 6.45) is 0.717. The molecule has 0 spiro atoms. The third kappa shape index (κ3) is 4.16. The van der Waals surface area contributed by atoms with Gasteiger partial charge in [0.1, 0.15) is 5.82 Å². The van der Waals surface area contributed by atoms with Crippen LogP contribution in [0.15, 0.2) is 48.5 Å². The van der Waals surface area contributed by atoms with Crippen molar-refractivity contribution in [3.8, 4) is 11.3 Å². The van der Waals surface area contributed by atoms with Gasteiger partial charge in [-0.2, -0.15) is 5.10 Å². The lowest BCUT2D eigenvalue weighted by Gasteiger charge is -2.34. The van der Waals surface area contributed by atoms with Gasteiger partial charge in [0, 0.05) is 49.2 Å². The van der Waals surface area contributed by atoms with Crippen molar-refractivity contribution in [2.45, 2.75) is 20.3 Å². The molecular formula is C25H28N6. The molecule has 4 aromatic rings. The number of piperazine rings is 1. The maximum atomic E-state index is 4.95. The Morgan fingerprint density at radius 1 is 0.903 bits per heavy atom. The van der Waals surface area contributed by atoms with Crippen LogP contribution in [0.2, 0.25) is 0 Å². The van der Waals surface area contributed by atoms with Gasteiger partial charge in [-0.25, -0.2) is 9.97 Å². The number of H-pyrrole nitrogens is 1. The van der Waals surface area contributed by atoms with Crippen LogP contribution < -0.4 is 4.90 Å². The molecule has 0 unspecified atom stereocenters. The van der Waals surface area contributed by atoms with Crippen LogP contribution in [-0.4, -0.2) is 58.3 Å². The van der Waals surface area contributed by atoms with Crippen LogP contribution in [0.5, 0.6) is 0 Å². The standard InChI is InChI=1S/C25H28N6/c1-17-14-24(20-5-7-21(8-6-20)31-12-10-30(3)11-13-31)27-23-9-4-19(15-22(17)23)16-25-26-18(2)28-29-25/h4-9,14-15H,10-13,16H2,1-3H3,(H,26,28,29).